The second-order valence-corrected chi connectivity index (χ2v) is 3.26. The first-order valence-electron chi connectivity index (χ1n) is 3.60. The molecule has 0 fully saturated rings. The van der Waals surface area contributed by atoms with Gasteiger partial charge in [0, 0.05) is 5.75 Å². The maximum Gasteiger partial charge on any atom is 0.299 e. The van der Waals surface area contributed by atoms with Crippen molar-refractivity contribution < 1.29 is 4.79 Å². The maximum absolute atomic E-state index is 10.9. The third-order valence-corrected chi connectivity index (χ3v) is 2.18. The average Bonchev–Trinajstić information content (AvgIpc) is 2.07. The summed E-state index contributed by atoms with van der Waals surface area (Å²) in [6, 6.07) is 0. The van der Waals surface area contributed by atoms with Crippen LogP contribution >= 0.6 is 11.8 Å². The van der Waals surface area contributed by atoms with Gasteiger partial charge in [-0.2, -0.15) is 4.99 Å². The zero-order valence-electron chi connectivity index (χ0n) is 6.78. The highest BCUT2D eigenvalue weighted by atomic mass is 32.2. The van der Waals surface area contributed by atoms with E-state index >= 15 is 0 Å². The number of thioether (sulfide) groups is 1. The van der Waals surface area contributed by atoms with Gasteiger partial charge in [0.15, 0.2) is 0 Å². The quantitative estimate of drug-likeness (QED) is 0.615. The fraction of sp³-hybridized carbons (Fsp3) is 0.429. The van der Waals surface area contributed by atoms with E-state index in [1.54, 1.807) is 0 Å². The van der Waals surface area contributed by atoms with Crippen LogP contribution in [-0.4, -0.2) is 16.8 Å². The highest BCUT2D eigenvalue weighted by Gasteiger charge is 2.12. The molecule has 12 heavy (non-hydrogen) atoms. The fourth-order valence-corrected chi connectivity index (χ4v) is 1.21. The average molecular weight is 183 g/mol. The Balaban J connectivity index is 2.57. The van der Waals surface area contributed by atoms with E-state index in [9.17, 15) is 4.79 Å². The maximum atomic E-state index is 10.9. The molecule has 0 aromatic carbocycles. The number of nitrogens with zero attached hydrogens (tertiary/aromatic N) is 3. The minimum Gasteiger partial charge on any atom is -0.265 e. The molecule has 4 nitrogen and oxygen atoms in total. The van der Waals surface area contributed by atoms with Crippen LogP contribution in [0.4, 0.5) is 0 Å². The minimum atomic E-state index is -0.386. The van der Waals surface area contributed by atoms with Gasteiger partial charge in [-0.15, -0.1) is 10.2 Å². The van der Waals surface area contributed by atoms with Gasteiger partial charge in [0.05, 0.1) is 0 Å². The van der Waals surface area contributed by atoms with Crippen LogP contribution in [0.3, 0.4) is 0 Å². The molecule has 0 bridgehead atoms. The lowest BCUT2D eigenvalue weighted by Gasteiger charge is -2.02. The van der Waals surface area contributed by atoms with E-state index in [1.807, 2.05) is 6.92 Å². The molecule has 0 aromatic heterocycles. The van der Waals surface area contributed by atoms with Crippen molar-refractivity contribution in [1.29, 1.82) is 0 Å². The Morgan fingerprint density at radius 1 is 1.50 bits per heavy atom. The summed E-state index contributed by atoms with van der Waals surface area (Å²) in [6.07, 6.45) is 1.02. The molecule has 1 aliphatic heterocycles. The van der Waals surface area contributed by atoms with Crippen LogP contribution in [0.5, 0.6) is 0 Å². The Morgan fingerprint density at radius 3 is 2.83 bits per heavy atom. The van der Waals surface area contributed by atoms with Gasteiger partial charge in [0.25, 0.3) is 5.91 Å². The first-order valence-corrected chi connectivity index (χ1v) is 4.59. The van der Waals surface area contributed by atoms with Gasteiger partial charge in [-0.3, -0.25) is 4.79 Å². The second kappa shape index (κ2) is 4.15. The standard InChI is InChI=1S/C7H9N3OS/c1-3-4-12-7-8-6(11)5(2)9-10-7/h2-4H2,1H3. The van der Waals surface area contributed by atoms with E-state index in [4.69, 9.17) is 0 Å². The Bertz CT molecular complexity index is 270. The molecule has 1 aliphatic rings. The lowest BCUT2D eigenvalue weighted by atomic mass is 10.5. The molecule has 0 saturated heterocycles. The number of carbonyl (C=O) groups is 1. The van der Waals surface area contributed by atoms with Crippen LogP contribution in [0, 0.1) is 0 Å². The third-order valence-electron chi connectivity index (χ3n) is 1.14. The van der Waals surface area contributed by atoms with Crippen molar-refractivity contribution in [3.05, 3.63) is 12.3 Å². The zero-order chi connectivity index (χ0) is 8.97. The molecule has 0 radical (unpaired) electrons. The van der Waals surface area contributed by atoms with Crippen molar-refractivity contribution in [3.8, 4) is 0 Å². The summed E-state index contributed by atoms with van der Waals surface area (Å²) >= 11 is 1.43. The smallest absolute Gasteiger partial charge is 0.265 e. The first kappa shape index (κ1) is 9.12. The van der Waals surface area contributed by atoms with Gasteiger partial charge in [-0.1, -0.05) is 25.3 Å². The fourth-order valence-electron chi connectivity index (χ4n) is 0.574. The third kappa shape index (κ3) is 2.27. The van der Waals surface area contributed by atoms with Gasteiger partial charge in [-0.25, -0.2) is 0 Å². The molecule has 1 amide bonds. The predicted octanol–water partition coefficient (Wildman–Crippen LogP) is 1.99. The number of hydrogen-bond donors (Lipinski definition) is 0. The number of amidine groups is 1. The van der Waals surface area contributed by atoms with Gasteiger partial charge in [-0.05, 0) is 6.42 Å². The summed E-state index contributed by atoms with van der Waals surface area (Å²) in [5.41, 5.74) is 0.107. The van der Waals surface area contributed by atoms with E-state index < -0.39 is 0 Å². The van der Waals surface area contributed by atoms with E-state index in [2.05, 4.69) is 21.8 Å². The normalized spacial score (nSPS) is 16.6. The second-order valence-electron chi connectivity index (χ2n) is 2.19. The summed E-state index contributed by atoms with van der Waals surface area (Å²) in [7, 11) is 0. The van der Waals surface area contributed by atoms with Crippen LogP contribution in [0.15, 0.2) is 27.5 Å². The Kier molecular flexibility index (Phi) is 3.16. The molecule has 0 spiro atoms. The van der Waals surface area contributed by atoms with Gasteiger partial charge >= 0.3 is 0 Å². The van der Waals surface area contributed by atoms with Crippen molar-refractivity contribution in [2.45, 2.75) is 13.3 Å². The summed E-state index contributed by atoms with van der Waals surface area (Å²) in [6.45, 7) is 5.43. The van der Waals surface area contributed by atoms with Crippen molar-refractivity contribution in [1.82, 2.24) is 0 Å². The highest BCUT2D eigenvalue weighted by Crippen LogP contribution is 2.14. The topological polar surface area (TPSA) is 54.1 Å². The molecular formula is C7H9N3OS. The van der Waals surface area contributed by atoms with Crippen molar-refractivity contribution in [2.75, 3.05) is 5.75 Å². The van der Waals surface area contributed by atoms with Gasteiger partial charge in [0.1, 0.15) is 5.70 Å². The number of aliphatic imine (C=N–C) groups is 1. The van der Waals surface area contributed by atoms with Crippen LogP contribution in [0.1, 0.15) is 13.3 Å². The molecule has 0 N–H and O–H groups in total. The summed E-state index contributed by atoms with van der Waals surface area (Å²) in [5.74, 6) is 0.515. The number of rotatable bonds is 2. The lowest BCUT2D eigenvalue weighted by molar-refractivity contribution is -0.114. The molecule has 0 atom stereocenters. The van der Waals surface area contributed by atoms with Gasteiger partial charge in [0.2, 0.25) is 5.17 Å². The van der Waals surface area contributed by atoms with E-state index in [0.29, 0.717) is 5.17 Å². The first-order chi connectivity index (χ1) is 5.74. The zero-order valence-corrected chi connectivity index (χ0v) is 7.60. The number of carbonyl (C=O) groups excluding carboxylic acids is 1. The molecule has 0 saturated carbocycles. The molecule has 5 heteroatoms. The molecule has 0 aliphatic carbocycles. The van der Waals surface area contributed by atoms with Crippen molar-refractivity contribution in [3.63, 3.8) is 0 Å². The molecule has 1 rings (SSSR count). The SMILES string of the molecule is C=C1N=NC(SCCC)=NC1=O. The molecular weight excluding hydrogens is 174 g/mol. The van der Waals surface area contributed by atoms with Crippen LogP contribution in [0.25, 0.3) is 0 Å². The van der Waals surface area contributed by atoms with Crippen molar-refractivity contribution in [2.24, 2.45) is 15.2 Å². The predicted molar refractivity (Wildman–Crippen MR) is 49.2 cm³/mol. The minimum absolute atomic E-state index is 0.107. The number of hydrogen-bond acceptors (Lipinski definition) is 4. The summed E-state index contributed by atoms with van der Waals surface area (Å²) < 4.78 is 0. The molecule has 1 heterocycles. The van der Waals surface area contributed by atoms with E-state index in [-0.39, 0.29) is 11.6 Å². The van der Waals surface area contributed by atoms with Crippen LogP contribution < -0.4 is 0 Å². The Labute approximate surface area is 74.9 Å². The summed E-state index contributed by atoms with van der Waals surface area (Å²) in [4.78, 5) is 14.6. The monoisotopic (exact) mass is 183 g/mol. The number of amides is 1. The van der Waals surface area contributed by atoms with Gasteiger partial charge < -0.3 is 0 Å². The van der Waals surface area contributed by atoms with Crippen LogP contribution in [0.2, 0.25) is 0 Å². The largest absolute Gasteiger partial charge is 0.299 e. The Hall–Kier alpha value is -0.970. The van der Waals surface area contributed by atoms with Crippen LogP contribution in [-0.2, 0) is 4.79 Å². The van der Waals surface area contributed by atoms with E-state index in [1.165, 1.54) is 11.8 Å². The summed E-state index contributed by atoms with van der Waals surface area (Å²) in [5, 5.41) is 7.73. The highest BCUT2D eigenvalue weighted by molar-refractivity contribution is 8.13. The molecule has 0 unspecified atom stereocenters. The molecule has 64 valence electrons. The number of azo groups is 1. The van der Waals surface area contributed by atoms with E-state index in [0.717, 1.165) is 12.2 Å². The lowest BCUT2D eigenvalue weighted by Crippen LogP contribution is -2.04. The Morgan fingerprint density at radius 2 is 2.25 bits per heavy atom. The van der Waals surface area contributed by atoms with Crippen molar-refractivity contribution >= 4 is 22.8 Å². The molecule has 0 aromatic rings.